The van der Waals surface area contributed by atoms with Gasteiger partial charge < -0.3 is 23.4 Å². The molecule has 0 amide bonds. The van der Waals surface area contributed by atoms with Crippen molar-refractivity contribution in [1.29, 1.82) is 0 Å². The number of hydrogen-bond donors (Lipinski definition) is 0. The first-order valence-electron chi connectivity index (χ1n) is 10.5. The van der Waals surface area contributed by atoms with Crippen LogP contribution in [-0.2, 0) is 4.79 Å². The van der Waals surface area contributed by atoms with Crippen molar-refractivity contribution in [3.05, 3.63) is 82.0 Å². The second-order valence-corrected chi connectivity index (χ2v) is 7.88. The Kier molecular flexibility index (Phi) is 4.36. The molecule has 3 aromatic carbocycles. The van der Waals surface area contributed by atoms with Crippen molar-refractivity contribution >= 4 is 16.9 Å². The first-order valence-corrected chi connectivity index (χ1v) is 10.5. The van der Waals surface area contributed by atoms with Crippen molar-refractivity contribution in [3.8, 4) is 34.3 Å². The summed E-state index contributed by atoms with van der Waals surface area (Å²) in [5.41, 5.74) is 2.32. The van der Waals surface area contributed by atoms with Crippen LogP contribution in [0.25, 0.3) is 22.3 Å². The monoisotopic (exact) mass is 442 g/mol. The number of fused-ring (bicyclic) bond motifs is 4. The van der Waals surface area contributed by atoms with E-state index in [1.54, 1.807) is 6.07 Å². The molecule has 164 valence electrons. The highest BCUT2D eigenvalue weighted by Gasteiger charge is 2.34. The summed E-state index contributed by atoms with van der Waals surface area (Å²) >= 11 is 0. The van der Waals surface area contributed by atoms with Crippen LogP contribution in [-0.4, -0.2) is 19.9 Å². The van der Waals surface area contributed by atoms with E-state index in [0.717, 1.165) is 11.1 Å². The molecule has 0 aliphatic carbocycles. The molecule has 2 aliphatic rings. The van der Waals surface area contributed by atoms with Crippen LogP contribution in [0.1, 0.15) is 23.5 Å². The fraction of sp³-hybridized carbons (Fsp3) is 0.154. The summed E-state index contributed by atoms with van der Waals surface area (Å²) in [5.74, 6) is 1.49. The van der Waals surface area contributed by atoms with Gasteiger partial charge in [0.15, 0.2) is 16.9 Å². The van der Waals surface area contributed by atoms with Crippen molar-refractivity contribution < 1.29 is 28.2 Å². The minimum atomic E-state index is -0.404. The van der Waals surface area contributed by atoms with Crippen LogP contribution in [0.5, 0.6) is 23.0 Å². The first kappa shape index (κ1) is 19.4. The normalized spacial score (nSPS) is 16.4. The van der Waals surface area contributed by atoms with Gasteiger partial charge in [-0.2, -0.15) is 0 Å². The molecule has 0 saturated heterocycles. The Labute approximate surface area is 188 Å². The number of rotatable bonds is 3. The molecular weight excluding hydrogens is 424 g/mol. The average molecular weight is 442 g/mol. The third-order valence-electron chi connectivity index (χ3n) is 5.99. The van der Waals surface area contributed by atoms with Gasteiger partial charge in [0, 0.05) is 29.2 Å². The van der Waals surface area contributed by atoms with Gasteiger partial charge in [-0.05, 0) is 17.7 Å². The number of carbonyl (C=O) groups is 1. The number of ether oxygens (including phenoxy) is 4. The molecule has 0 bridgehead atoms. The SMILES string of the molecule is COc1cc2c(c3oc(-c4ccccc4)cc(=O)c13)[C@H](c1ccc3c(c1)OCO3)CC(=O)O2. The lowest BCUT2D eigenvalue weighted by atomic mass is 9.85. The highest BCUT2D eigenvalue weighted by atomic mass is 16.7. The molecule has 33 heavy (non-hydrogen) atoms. The van der Waals surface area contributed by atoms with Gasteiger partial charge in [0.05, 0.1) is 13.5 Å². The standard InChI is InChI=1S/C26H18O7/c1-29-21-12-22-24(26-25(21)17(27)11-19(33-26)14-5-3-2-4-6-14)16(10-23(28)32-22)15-7-8-18-20(9-15)31-13-30-18/h2-9,11-12,16H,10,13H2,1H3/t16-/m0/s1. The second-order valence-electron chi connectivity index (χ2n) is 7.88. The van der Waals surface area contributed by atoms with E-state index >= 15 is 0 Å². The van der Waals surface area contributed by atoms with Crippen molar-refractivity contribution in [2.45, 2.75) is 12.3 Å². The average Bonchev–Trinajstić information content (AvgIpc) is 3.31. The van der Waals surface area contributed by atoms with E-state index < -0.39 is 5.92 Å². The summed E-state index contributed by atoms with van der Waals surface area (Å²) in [5, 5.41) is 0.305. The van der Waals surface area contributed by atoms with Gasteiger partial charge in [0.1, 0.15) is 28.2 Å². The van der Waals surface area contributed by atoms with E-state index in [1.807, 2.05) is 48.5 Å². The van der Waals surface area contributed by atoms with E-state index in [1.165, 1.54) is 13.2 Å². The molecule has 1 atom stereocenters. The Hall–Kier alpha value is -4.26. The number of methoxy groups -OCH3 is 1. The zero-order valence-corrected chi connectivity index (χ0v) is 17.6. The summed E-state index contributed by atoms with van der Waals surface area (Å²) < 4.78 is 28.3. The quantitative estimate of drug-likeness (QED) is 0.338. The van der Waals surface area contributed by atoms with E-state index in [2.05, 4.69) is 0 Å². The Bertz CT molecular complexity index is 1470. The molecule has 0 saturated carbocycles. The maximum Gasteiger partial charge on any atom is 0.312 e. The first-order chi connectivity index (χ1) is 16.1. The van der Waals surface area contributed by atoms with Crippen molar-refractivity contribution in [1.82, 2.24) is 0 Å². The predicted octanol–water partition coefficient (Wildman–Crippen LogP) is 4.64. The van der Waals surface area contributed by atoms with Gasteiger partial charge in [-0.3, -0.25) is 9.59 Å². The Balaban J connectivity index is 1.64. The molecule has 0 N–H and O–H groups in total. The second kappa shape index (κ2) is 7.41. The van der Waals surface area contributed by atoms with Crippen LogP contribution in [0.2, 0.25) is 0 Å². The molecule has 7 nitrogen and oxygen atoms in total. The largest absolute Gasteiger partial charge is 0.496 e. The number of esters is 1. The molecule has 1 aromatic heterocycles. The number of carbonyl (C=O) groups excluding carboxylic acids is 1. The van der Waals surface area contributed by atoms with E-state index in [-0.39, 0.29) is 30.4 Å². The van der Waals surface area contributed by atoms with E-state index in [0.29, 0.717) is 39.5 Å². The van der Waals surface area contributed by atoms with Crippen molar-refractivity contribution in [3.63, 3.8) is 0 Å². The highest BCUT2D eigenvalue weighted by Crippen LogP contribution is 2.47. The van der Waals surface area contributed by atoms with Gasteiger partial charge in [-0.1, -0.05) is 36.4 Å². The fourth-order valence-electron chi connectivity index (χ4n) is 4.46. The third-order valence-corrected chi connectivity index (χ3v) is 5.99. The minimum Gasteiger partial charge on any atom is -0.496 e. The van der Waals surface area contributed by atoms with Crippen LogP contribution in [0.15, 0.2) is 69.9 Å². The summed E-state index contributed by atoms with van der Waals surface area (Å²) in [7, 11) is 1.46. The summed E-state index contributed by atoms with van der Waals surface area (Å²) in [6, 6.07) is 18.0. The van der Waals surface area contributed by atoms with Crippen LogP contribution in [0.3, 0.4) is 0 Å². The van der Waals surface area contributed by atoms with Crippen molar-refractivity contribution in [2.24, 2.45) is 0 Å². The zero-order chi connectivity index (χ0) is 22.5. The lowest BCUT2D eigenvalue weighted by Crippen LogP contribution is -2.22. The van der Waals surface area contributed by atoms with Crippen LogP contribution in [0.4, 0.5) is 0 Å². The third kappa shape index (κ3) is 3.12. The highest BCUT2D eigenvalue weighted by molar-refractivity contribution is 5.93. The van der Waals surface area contributed by atoms with Gasteiger partial charge in [-0.15, -0.1) is 0 Å². The lowest BCUT2D eigenvalue weighted by molar-refractivity contribution is -0.135. The molecule has 2 aliphatic heterocycles. The van der Waals surface area contributed by atoms with Gasteiger partial charge in [-0.25, -0.2) is 0 Å². The maximum absolute atomic E-state index is 13.2. The van der Waals surface area contributed by atoms with Crippen molar-refractivity contribution in [2.75, 3.05) is 13.9 Å². The molecule has 0 unspecified atom stereocenters. The number of hydrogen-bond acceptors (Lipinski definition) is 7. The van der Waals surface area contributed by atoms with Gasteiger partial charge in [0.25, 0.3) is 0 Å². The predicted molar refractivity (Wildman–Crippen MR) is 119 cm³/mol. The topological polar surface area (TPSA) is 84.2 Å². The molecule has 3 heterocycles. The fourth-order valence-corrected chi connectivity index (χ4v) is 4.46. The van der Waals surface area contributed by atoms with Crippen LogP contribution >= 0.6 is 0 Å². The Morgan fingerprint density at radius 2 is 1.73 bits per heavy atom. The Morgan fingerprint density at radius 1 is 0.909 bits per heavy atom. The van der Waals surface area contributed by atoms with E-state index in [4.69, 9.17) is 23.4 Å². The summed E-state index contributed by atoms with van der Waals surface area (Å²) in [4.78, 5) is 25.7. The Morgan fingerprint density at radius 3 is 2.55 bits per heavy atom. The maximum atomic E-state index is 13.2. The molecule has 0 fully saturated rings. The molecular formula is C26H18O7. The van der Waals surface area contributed by atoms with Crippen LogP contribution < -0.4 is 24.4 Å². The molecule has 6 rings (SSSR count). The smallest absolute Gasteiger partial charge is 0.312 e. The van der Waals surface area contributed by atoms with Crippen LogP contribution in [0, 0.1) is 0 Å². The van der Waals surface area contributed by atoms with Gasteiger partial charge >= 0.3 is 5.97 Å². The number of benzene rings is 3. The zero-order valence-electron chi connectivity index (χ0n) is 17.6. The van der Waals surface area contributed by atoms with E-state index in [9.17, 15) is 9.59 Å². The molecule has 7 heteroatoms. The lowest BCUT2D eigenvalue weighted by Gasteiger charge is -2.26. The minimum absolute atomic E-state index is 0.0906. The molecule has 0 radical (unpaired) electrons. The molecule has 4 aromatic rings. The molecule has 0 spiro atoms. The van der Waals surface area contributed by atoms with Gasteiger partial charge in [0.2, 0.25) is 6.79 Å². The summed E-state index contributed by atoms with van der Waals surface area (Å²) in [6.45, 7) is 0.150. The summed E-state index contributed by atoms with van der Waals surface area (Å²) in [6.07, 6.45) is 0.0906.